The highest BCUT2D eigenvalue weighted by molar-refractivity contribution is 7.89. The number of thiophene rings is 1. The van der Waals surface area contributed by atoms with E-state index in [0.29, 0.717) is 27.9 Å². The van der Waals surface area contributed by atoms with Crippen LogP contribution in [-0.4, -0.2) is 25.7 Å². The minimum absolute atomic E-state index is 0.194. The van der Waals surface area contributed by atoms with Gasteiger partial charge in [-0.3, -0.25) is 0 Å². The molecule has 0 aliphatic carbocycles. The van der Waals surface area contributed by atoms with Crippen LogP contribution in [0.25, 0.3) is 10.7 Å². The summed E-state index contributed by atoms with van der Waals surface area (Å²) >= 11 is 1.32. The van der Waals surface area contributed by atoms with Crippen LogP contribution in [0.5, 0.6) is 5.75 Å². The lowest BCUT2D eigenvalue weighted by atomic mass is 10.2. The third kappa shape index (κ3) is 3.95. The third-order valence-corrected chi connectivity index (χ3v) is 6.48. The van der Waals surface area contributed by atoms with Gasteiger partial charge >= 0.3 is 0 Å². The zero-order valence-corrected chi connectivity index (χ0v) is 16.3. The number of nitrogens with one attached hydrogen (secondary N) is 1. The number of nitrogens with zero attached hydrogens (tertiary/aromatic N) is 2. The molecule has 0 radical (unpaired) electrons. The molecule has 0 saturated heterocycles. The van der Waals surface area contributed by atoms with Gasteiger partial charge in [0.2, 0.25) is 21.7 Å². The quantitative estimate of drug-likeness (QED) is 0.663. The average molecular weight is 393 g/mol. The second-order valence-corrected chi connectivity index (χ2v) is 8.56. The van der Waals surface area contributed by atoms with Gasteiger partial charge in [0.15, 0.2) is 0 Å². The number of aromatic nitrogens is 2. The standard InChI is InChI=1S/C17H19N3O4S2/c1-4-16-19-17(20-24-16)14-9-15(11(2)25-14)26(21,22)18-10-12-5-7-13(23-3)8-6-12/h5-9,18H,4,10H2,1-3H3. The molecule has 26 heavy (non-hydrogen) atoms. The Hall–Kier alpha value is -2.23. The van der Waals surface area contributed by atoms with Gasteiger partial charge < -0.3 is 9.26 Å². The fourth-order valence-corrected chi connectivity index (χ4v) is 4.87. The summed E-state index contributed by atoms with van der Waals surface area (Å²) in [5.74, 6) is 1.65. The SMILES string of the molecule is CCc1nc(-c2cc(S(=O)(=O)NCc3ccc(OC)cc3)c(C)s2)no1. The molecule has 9 heteroatoms. The van der Waals surface area contributed by atoms with E-state index in [0.717, 1.165) is 11.3 Å². The summed E-state index contributed by atoms with van der Waals surface area (Å²) in [6.07, 6.45) is 0.631. The molecule has 3 aromatic rings. The maximum absolute atomic E-state index is 12.7. The van der Waals surface area contributed by atoms with Gasteiger partial charge in [-0.25, -0.2) is 13.1 Å². The van der Waals surface area contributed by atoms with Crippen molar-refractivity contribution in [1.82, 2.24) is 14.9 Å². The molecule has 2 heterocycles. The van der Waals surface area contributed by atoms with Crippen LogP contribution in [0.3, 0.4) is 0 Å². The fourth-order valence-electron chi connectivity index (χ4n) is 2.34. The van der Waals surface area contributed by atoms with Gasteiger partial charge in [-0.2, -0.15) is 4.98 Å². The topological polar surface area (TPSA) is 94.3 Å². The van der Waals surface area contributed by atoms with E-state index in [-0.39, 0.29) is 11.4 Å². The van der Waals surface area contributed by atoms with Crippen molar-refractivity contribution in [1.29, 1.82) is 0 Å². The van der Waals surface area contributed by atoms with Crippen molar-refractivity contribution in [3.8, 4) is 16.5 Å². The van der Waals surface area contributed by atoms with E-state index < -0.39 is 10.0 Å². The van der Waals surface area contributed by atoms with Crippen LogP contribution >= 0.6 is 11.3 Å². The van der Waals surface area contributed by atoms with Gasteiger partial charge in [0.05, 0.1) is 16.9 Å². The van der Waals surface area contributed by atoms with E-state index in [2.05, 4.69) is 14.9 Å². The number of aryl methyl sites for hydroxylation is 2. The number of ether oxygens (including phenoxy) is 1. The molecule has 0 unspecified atom stereocenters. The minimum Gasteiger partial charge on any atom is -0.497 e. The zero-order valence-electron chi connectivity index (χ0n) is 14.6. The molecule has 0 spiro atoms. The smallest absolute Gasteiger partial charge is 0.241 e. The van der Waals surface area contributed by atoms with E-state index >= 15 is 0 Å². The Kier molecular flexibility index (Phi) is 5.40. The summed E-state index contributed by atoms with van der Waals surface area (Å²) in [5, 5.41) is 3.90. The Bertz CT molecular complexity index is 991. The number of hydrogen-bond donors (Lipinski definition) is 1. The predicted molar refractivity (Wildman–Crippen MR) is 98.7 cm³/mol. The summed E-state index contributed by atoms with van der Waals surface area (Å²) in [7, 11) is -2.06. The Morgan fingerprint density at radius 2 is 2.00 bits per heavy atom. The first-order chi connectivity index (χ1) is 12.4. The molecule has 7 nitrogen and oxygen atoms in total. The van der Waals surface area contributed by atoms with Crippen molar-refractivity contribution in [3.05, 3.63) is 46.7 Å². The van der Waals surface area contributed by atoms with Crippen molar-refractivity contribution in [2.75, 3.05) is 7.11 Å². The Balaban J connectivity index is 1.78. The lowest BCUT2D eigenvalue weighted by Gasteiger charge is -2.07. The van der Waals surface area contributed by atoms with Crippen molar-refractivity contribution < 1.29 is 17.7 Å². The van der Waals surface area contributed by atoms with Crippen LogP contribution in [0.1, 0.15) is 23.3 Å². The van der Waals surface area contributed by atoms with Gasteiger partial charge in [0.1, 0.15) is 5.75 Å². The summed E-state index contributed by atoms with van der Waals surface area (Å²) in [4.78, 5) is 5.82. The second-order valence-electron chi connectivity index (χ2n) is 5.57. The first-order valence-electron chi connectivity index (χ1n) is 7.99. The molecule has 0 atom stereocenters. The van der Waals surface area contributed by atoms with Crippen molar-refractivity contribution >= 4 is 21.4 Å². The van der Waals surface area contributed by atoms with Crippen LogP contribution in [-0.2, 0) is 23.0 Å². The molecule has 1 aromatic carbocycles. The summed E-state index contributed by atoms with van der Waals surface area (Å²) in [5.41, 5.74) is 0.841. The predicted octanol–water partition coefficient (Wildman–Crippen LogP) is 3.16. The molecule has 3 rings (SSSR count). The van der Waals surface area contributed by atoms with Crippen molar-refractivity contribution in [2.24, 2.45) is 0 Å². The fraction of sp³-hybridized carbons (Fsp3) is 0.294. The molecule has 138 valence electrons. The van der Waals surface area contributed by atoms with Crippen LogP contribution in [0.2, 0.25) is 0 Å². The van der Waals surface area contributed by atoms with Gasteiger partial charge in [0.25, 0.3) is 0 Å². The number of benzene rings is 1. The second kappa shape index (κ2) is 7.56. The Morgan fingerprint density at radius 1 is 1.27 bits per heavy atom. The number of sulfonamides is 1. The molecule has 1 N–H and O–H groups in total. The lowest BCUT2D eigenvalue weighted by molar-refractivity contribution is 0.383. The molecule has 0 saturated carbocycles. The first-order valence-corrected chi connectivity index (χ1v) is 10.3. The van der Waals surface area contributed by atoms with Crippen LogP contribution in [0.4, 0.5) is 0 Å². The lowest BCUT2D eigenvalue weighted by Crippen LogP contribution is -2.23. The highest BCUT2D eigenvalue weighted by Crippen LogP contribution is 2.32. The number of hydrogen-bond acceptors (Lipinski definition) is 7. The van der Waals surface area contributed by atoms with Gasteiger partial charge in [-0.15, -0.1) is 11.3 Å². The third-order valence-electron chi connectivity index (χ3n) is 3.78. The zero-order chi connectivity index (χ0) is 18.7. The van der Waals surface area contributed by atoms with Crippen molar-refractivity contribution in [3.63, 3.8) is 0 Å². The van der Waals surface area contributed by atoms with Gasteiger partial charge in [-0.05, 0) is 30.7 Å². The van der Waals surface area contributed by atoms with E-state index in [1.807, 2.05) is 19.1 Å². The summed E-state index contributed by atoms with van der Waals surface area (Å²) < 4.78 is 38.1. The molecule has 0 aliphatic rings. The normalized spacial score (nSPS) is 11.7. The van der Waals surface area contributed by atoms with Gasteiger partial charge in [0, 0.05) is 17.8 Å². The molecule has 0 amide bonds. The highest BCUT2D eigenvalue weighted by Gasteiger charge is 2.22. The molecule has 0 aliphatic heterocycles. The number of rotatable bonds is 7. The monoisotopic (exact) mass is 393 g/mol. The van der Waals surface area contributed by atoms with E-state index in [9.17, 15) is 8.42 Å². The number of methoxy groups -OCH3 is 1. The van der Waals surface area contributed by atoms with Crippen molar-refractivity contribution in [2.45, 2.75) is 31.7 Å². The van der Waals surface area contributed by atoms with Crippen LogP contribution in [0, 0.1) is 6.92 Å². The maximum atomic E-state index is 12.7. The molecule has 0 bridgehead atoms. The molecule has 2 aromatic heterocycles. The Morgan fingerprint density at radius 3 is 2.62 bits per heavy atom. The summed E-state index contributed by atoms with van der Waals surface area (Å²) in [6, 6.07) is 8.80. The van der Waals surface area contributed by atoms with E-state index in [1.165, 1.54) is 11.3 Å². The van der Waals surface area contributed by atoms with E-state index in [1.54, 1.807) is 32.2 Å². The van der Waals surface area contributed by atoms with E-state index in [4.69, 9.17) is 9.26 Å². The average Bonchev–Trinajstić information content (AvgIpc) is 3.27. The molecular weight excluding hydrogens is 374 g/mol. The largest absolute Gasteiger partial charge is 0.497 e. The molecule has 0 fully saturated rings. The van der Waals surface area contributed by atoms with Crippen LogP contribution in [0.15, 0.2) is 39.8 Å². The highest BCUT2D eigenvalue weighted by atomic mass is 32.2. The van der Waals surface area contributed by atoms with Crippen LogP contribution < -0.4 is 9.46 Å². The summed E-state index contributed by atoms with van der Waals surface area (Å²) in [6.45, 7) is 3.87. The Labute approximate surface area is 156 Å². The van der Waals surface area contributed by atoms with Gasteiger partial charge in [-0.1, -0.05) is 24.2 Å². The first kappa shape index (κ1) is 18.6. The maximum Gasteiger partial charge on any atom is 0.241 e. The molecular formula is C17H19N3O4S2. The minimum atomic E-state index is -3.65.